The lowest BCUT2D eigenvalue weighted by atomic mass is 9.92. The van der Waals surface area contributed by atoms with Gasteiger partial charge < -0.3 is 9.73 Å². The maximum Gasteiger partial charge on any atom is 0.247 e. The average Bonchev–Trinajstić information content (AvgIpc) is 3.02. The van der Waals surface area contributed by atoms with E-state index in [-0.39, 0.29) is 0 Å². The van der Waals surface area contributed by atoms with Gasteiger partial charge in [0.15, 0.2) is 0 Å². The summed E-state index contributed by atoms with van der Waals surface area (Å²) in [6, 6.07) is 6.78. The van der Waals surface area contributed by atoms with E-state index in [1.54, 1.807) is 0 Å². The molecule has 0 spiro atoms. The first-order valence-corrected chi connectivity index (χ1v) is 7.17. The van der Waals surface area contributed by atoms with Gasteiger partial charge in [0.2, 0.25) is 12.3 Å². The molecule has 1 heterocycles. The lowest BCUT2D eigenvalue weighted by Gasteiger charge is -2.20. The van der Waals surface area contributed by atoms with E-state index < -0.39 is 0 Å². The molecule has 1 unspecified atom stereocenters. The van der Waals surface area contributed by atoms with Gasteiger partial charge in [-0.25, -0.2) is 0 Å². The summed E-state index contributed by atoms with van der Waals surface area (Å²) >= 11 is 0. The van der Waals surface area contributed by atoms with Gasteiger partial charge in [0.05, 0.1) is 0 Å². The molecule has 4 nitrogen and oxygen atoms in total. The third-order valence-electron chi connectivity index (χ3n) is 4.17. The van der Waals surface area contributed by atoms with E-state index in [2.05, 4.69) is 48.4 Å². The molecular weight excluding hydrogens is 250 g/mol. The highest BCUT2D eigenvalue weighted by molar-refractivity contribution is 5.64. The molecular formula is C16H21N3O. The third kappa shape index (κ3) is 2.69. The molecule has 1 aromatic carbocycles. The fraction of sp³-hybridized carbons (Fsp3) is 0.500. The van der Waals surface area contributed by atoms with E-state index >= 15 is 0 Å². The quantitative estimate of drug-likeness (QED) is 0.915. The van der Waals surface area contributed by atoms with Crippen molar-refractivity contribution in [3.8, 4) is 11.5 Å². The van der Waals surface area contributed by atoms with Crippen molar-refractivity contribution >= 4 is 5.69 Å². The van der Waals surface area contributed by atoms with Gasteiger partial charge in [-0.3, -0.25) is 0 Å². The Morgan fingerprint density at radius 2 is 2.20 bits per heavy atom. The summed E-state index contributed by atoms with van der Waals surface area (Å²) in [5.74, 6) is 0.569. The molecule has 1 atom stereocenters. The molecule has 0 aliphatic heterocycles. The summed E-state index contributed by atoms with van der Waals surface area (Å²) in [7, 11) is 0. The van der Waals surface area contributed by atoms with Crippen molar-refractivity contribution in [3.05, 3.63) is 30.2 Å². The Kier molecular flexibility index (Phi) is 3.24. The van der Waals surface area contributed by atoms with Gasteiger partial charge in [-0.15, -0.1) is 10.2 Å². The van der Waals surface area contributed by atoms with E-state index in [9.17, 15) is 0 Å². The molecule has 1 aliphatic rings. The number of aryl methyl sites for hydroxylation is 1. The highest BCUT2D eigenvalue weighted by Crippen LogP contribution is 2.38. The highest BCUT2D eigenvalue weighted by atomic mass is 16.4. The van der Waals surface area contributed by atoms with Gasteiger partial charge in [-0.05, 0) is 49.3 Å². The van der Waals surface area contributed by atoms with E-state index in [1.807, 2.05) is 6.07 Å². The van der Waals surface area contributed by atoms with Crippen LogP contribution < -0.4 is 5.32 Å². The average molecular weight is 271 g/mol. The van der Waals surface area contributed by atoms with Gasteiger partial charge in [0.25, 0.3) is 0 Å². The normalized spacial score (nSPS) is 21.1. The predicted octanol–water partition coefficient (Wildman–Crippen LogP) is 4.04. The number of benzene rings is 1. The van der Waals surface area contributed by atoms with Crippen LogP contribution in [0, 0.1) is 12.3 Å². The van der Waals surface area contributed by atoms with E-state index in [1.165, 1.54) is 36.9 Å². The van der Waals surface area contributed by atoms with Crippen LogP contribution in [0.5, 0.6) is 0 Å². The van der Waals surface area contributed by atoms with Gasteiger partial charge in [0.1, 0.15) is 0 Å². The first kappa shape index (κ1) is 13.2. The van der Waals surface area contributed by atoms with Crippen LogP contribution in [0.4, 0.5) is 5.69 Å². The standard InChI is InChI=1S/C16H21N3O/c1-11-4-5-12(15-19-17-10-20-15)8-14(11)18-13-6-7-16(2,3)9-13/h4-5,8,10,13,18H,6-7,9H2,1-3H3. The number of nitrogens with one attached hydrogen (secondary N) is 1. The number of nitrogens with zero attached hydrogens (tertiary/aromatic N) is 2. The van der Waals surface area contributed by atoms with Crippen molar-refractivity contribution < 1.29 is 4.42 Å². The molecule has 1 aliphatic carbocycles. The molecule has 106 valence electrons. The highest BCUT2D eigenvalue weighted by Gasteiger charge is 2.30. The zero-order valence-corrected chi connectivity index (χ0v) is 12.3. The summed E-state index contributed by atoms with van der Waals surface area (Å²) in [5, 5.41) is 11.4. The van der Waals surface area contributed by atoms with Crippen LogP contribution in [0.25, 0.3) is 11.5 Å². The van der Waals surface area contributed by atoms with Crippen LogP contribution in [-0.2, 0) is 0 Å². The van der Waals surface area contributed by atoms with Gasteiger partial charge >= 0.3 is 0 Å². The Morgan fingerprint density at radius 1 is 1.35 bits per heavy atom. The topological polar surface area (TPSA) is 51.0 Å². The number of aromatic nitrogens is 2. The summed E-state index contributed by atoms with van der Waals surface area (Å²) in [6.45, 7) is 6.81. The number of rotatable bonds is 3. The summed E-state index contributed by atoms with van der Waals surface area (Å²) in [6.07, 6.45) is 5.10. The Morgan fingerprint density at radius 3 is 2.85 bits per heavy atom. The Balaban J connectivity index is 1.81. The van der Waals surface area contributed by atoms with Crippen molar-refractivity contribution in [2.75, 3.05) is 5.32 Å². The SMILES string of the molecule is Cc1ccc(-c2nnco2)cc1NC1CCC(C)(C)C1. The summed E-state index contributed by atoms with van der Waals surface area (Å²) in [5.41, 5.74) is 3.84. The van der Waals surface area contributed by atoms with Crippen molar-refractivity contribution in [1.29, 1.82) is 0 Å². The van der Waals surface area contributed by atoms with Crippen LogP contribution in [0.3, 0.4) is 0 Å². The van der Waals surface area contributed by atoms with Gasteiger partial charge in [-0.2, -0.15) is 0 Å². The Hall–Kier alpha value is -1.84. The maximum atomic E-state index is 5.27. The third-order valence-corrected chi connectivity index (χ3v) is 4.17. The molecule has 1 saturated carbocycles. The van der Waals surface area contributed by atoms with Crippen molar-refractivity contribution in [2.24, 2.45) is 5.41 Å². The van der Waals surface area contributed by atoms with Crippen molar-refractivity contribution in [3.63, 3.8) is 0 Å². The second-order valence-corrected chi connectivity index (χ2v) is 6.52. The van der Waals surface area contributed by atoms with Gasteiger partial charge in [0, 0.05) is 17.3 Å². The Labute approximate surface area is 119 Å². The van der Waals surface area contributed by atoms with Crippen LogP contribution in [0.2, 0.25) is 0 Å². The lowest BCUT2D eigenvalue weighted by molar-refractivity contribution is 0.378. The molecule has 0 bridgehead atoms. The van der Waals surface area contributed by atoms with Gasteiger partial charge in [-0.1, -0.05) is 19.9 Å². The van der Waals surface area contributed by atoms with Crippen LogP contribution in [-0.4, -0.2) is 16.2 Å². The Bertz CT molecular complexity index is 590. The van der Waals surface area contributed by atoms with E-state index in [4.69, 9.17) is 4.42 Å². The summed E-state index contributed by atoms with van der Waals surface area (Å²) < 4.78 is 5.27. The molecule has 1 aromatic heterocycles. The zero-order chi connectivity index (χ0) is 14.2. The largest absolute Gasteiger partial charge is 0.423 e. The minimum atomic E-state index is 0.454. The molecule has 0 saturated heterocycles. The monoisotopic (exact) mass is 271 g/mol. The second kappa shape index (κ2) is 4.93. The predicted molar refractivity (Wildman–Crippen MR) is 79.5 cm³/mol. The molecule has 0 radical (unpaired) electrons. The lowest BCUT2D eigenvalue weighted by Crippen LogP contribution is -2.18. The molecule has 2 aromatic rings. The van der Waals surface area contributed by atoms with Crippen molar-refractivity contribution in [2.45, 2.75) is 46.1 Å². The second-order valence-electron chi connectivity index (χ2n) is 6.52. The molecule has 1 fully saturated rings. The molecule has 1 N–H and O–H groups in total. The zero-order valence-electron chi connectivity index (χ0n) is 12.3. The maximum absolute atomic E-state index is 5.27. The first-order valence-electron chi connectivity index (χ1n) is 7.17. The fourth-order valence-electron chi connectivity index (χ4n) is 2.99. The number of anilines is 1. The summed E-state index contributed by atoms with van der Waals surface area (Å²) in [4.78, 5) is 0. The minimum absolute atomic E-state index is 0.454. The number of hydrogen-bond acceptors (Lipinski definition) is 4. The van der Waals surface area contributed by atoms with Crippen LogP contribution in [0.15, 0.2) is 29.0 Å². The molecule has 20 heavy (non-hydrogen) atoms. The first-order chi connectivity index (χ1) is 9.53. The molecule has 3 rings (SSSR count). The smallest absolute Gasteiger partial charge is 0.247 e. The molecule has 0 amide bonds. The number of hydrogen-bond donors (Lipinski definition) is 1. The fourth-order valence-corrected chi connectivity index (χ4v) is 2.99. The van der Waals surface area contributed by atoms with E-state index in [0.717, 1.165) is 5.56 Å². The molecule has 4 heteroatoms. The minimum Gasteiger partial charge on any atom is -0.423 e. The van der Waals surface area contributed by atoms with Crippen LogP contribution >= 0.6 is 0 Å². The van der Waals surface area contributed by atoms with Crippen molar-refractivity contribution in [1.82, 2.24) is 10.2 Å². The van der Waals surface area contributed by atoms with Crippen LogP contribution in [0.1, 0.15) is 38.7 Å². The van der Waals surface area contributed by atoms with E-state index in [0.29, 0.717) is 17.3 Å².